The number of nitrogens with zero attached hydrogens (tertiary/aromatic N) is 1. The van der Waals surface area contributed by atoms with Gasteiger partial charge in [0.15, 0.2) is 0 Å². The van der Waals surface area contributed by atoms with Gasteiger partial charge in [0.05, 0.1) is 18.4 Å². The van der Waals surface area contributed by atoms with Gasteiger partial charge in [-0.1, -0.05) is 12.1 Å². The molecule has 4 atom stereocenters. The van der Waals surface area contributed by atoms with Crippen LogP contribution < -0.4 is 5.32 Å². The van der Waals surface area contributed by atoms with E-state index < -0.39 is 29.4 Å². The number of benzene rings is 1. The van der Waals surface area contributed by atoms with Crippen LogP contribution in [0.4, 0.5) is 0 Å². The van der Waals surface area contributed by atoms with Gasteiger partial charge in [0.25, 0.3) is 0 Å². The normalized spacial score (nSPS) is 32.1. The highest BCUT2D eigenvalue weighted by molar-refractivity contribution is 6.09. The van der Waals surface area contributed by atoms with Crippen molar-refractivity contribution in [2.45, 2.75) is 25.4 Å². The first-order chi connectivity index (χ1) is 11.3. The van der Waals surface area contributed by atoms with Gasteiger partial charge in [-0.15, -0.1) is 0 Å². The van der Waals surface area contributed by atoms with E-state index >= 15 is 0 Å². The summed E-state index contributed by atoms with van der Waals surface area (Å²) in [5, 5.41) is 12.6. The Bertz CT molecular complexity index is 701. The van der Waals surface area contributed by atoms with Crippen molar-refractivity contribution < 1.29 is 24.2 Å². The van der Waals surface area contributed by atoms with Gasteiger partial charge in [0, 0.05) is 13.1 Å². The second-order valence-corrected chi connectivity index (χ2v) is 6.38. The smallest absolute Gasteiger partial charge is 0.326 e. The lowest BCUT2D eigenvalue weighted by molar-refractivity contribution is -0.155. The molecule has 0 bridgehead atoms. The Morgan fingerprint density at radius 1 is 1.29 bits per heavy atom. The zero-order valence-corrected chi connectivity index (χ0v) is 13.8. The van der Waals surface area contributed by atoms with Crippen LogP contribution in [0.2, 0.25) is 0 Å². The highest BCUT2D eigenvalue weighted by Crippen LogP contribution is 2.48. The minimum atomic E-state index is -1.28. The molecule has 2 heterocycles. The van der Waals surface area contributed by atoms with Gasteiger partial charge in [-0.25, -0.2) is 0 Å². The molecule has 0 radical (unpaired) electrons. The SMILES string of the molecule is CCOC(=O)C1(C)NC(c2ccc(O)cc2)C2C(=O)N(C)C(=O)C21. The number of carbonyl (C=O) groups excluding carboxylic acids is 3. The number of fused-ring (bicyclic) bond motifs is 1. The number of rotatable bonds is 3. The first-order valence-electron chi connectivity index (χ1n) is 7.86. The zero-order valence-electron chi connectivity index (χ0n) is 13.8. The average molecular weight is 332 g/mol. The van der Waals surface area contributed by atoms with E-state index in [4.69, 9.17) is 4.74 Å². The molecule has 7 nitrogen and oxygen atoms in total. The quantitative estimate of drug-likeness (QED) is 0.621. The van der Waals surface area contributed by atoms with Crippen LogP contribution in [0.25, 0.3) is 0 Å². The fraction of sp³-hybridized carbons (Fsp3) is 0.471. The molecule has 3 rings (SSSR count). The Morgan fingerprint density at radius 2 is 1.92 bits per heavy atom. The third-order valence-corrected chi connectivity index (χ3v) is 4.96. The summed E-state index contributed by atoms with van der Waals surface area (Å²) in [6, 6.07) is 5.87. The largest absolute Gasteiger partial charge is 0.508 e. The third kappa shape index (κ3) is 2.19. The summed E-state index contributed by atoms with van der Waals surface area (Å²) < 4.78 is 5.14. The maximum absolute atomic E-state index is 12.6. The van der Waals surface area contributed by atoms with E-state index in [-0.39, 0.29) is 24.2 Å². The van der Waals surface area contributed by atoms with Crippen molar-refractivity contribution in [1.29, 1.82) is 0 Å². The molecule has 128 valence electrons. The molecule has 2 aliphatic rings. The summed E-state index contributed by atoms with van der Waals surface area (Å²) in [5.74, 6) is -2.63. The number of esters is 1. The monoisotopic (exact) mass is 332 g/mol. The van der Waals surface area contributed by atoms with Gasteiger partial charge < -0.3 is 9.84 Å². The van der Waals surface area contributed by atoms with Crippen LogP contribution in [-0.4, -0.2) is 47.0 Å². The highest BCUT2D eigenvalue weighted by atomic mass is 16.5. The Labute approximate surface area is 139 Å². The lowest BCUT2D eigenvalue weighted by Crippen LogP contribution is -2.53. The number of phenols is 1. The van der Waals surface area contributed by atoms with Crippen LogP contribution in [-0.2, 0) is 19.1 Å². The highest BCUT2D eigenvalue weighted by Gasteiger charge is 2.66. The molecule has 1 aromatic rings. The van der Waals surface area contributed by atoms with Crippen LogP contribution in [0.1, 0.15) is 25.5 Å². The van der Waals surface area contributed by atoms with Crippen LogP contribution >= 0.6 is 0 Å². The van der Waals surface area contributed by atoms with Crippen molar-refractivity contribution in [2.24, 2.45) is 11.8 Å². The van der Waals surface area contributed by atoms with E-state index in [1.807, 2.05) is 0 Å². The molecule has 0 aromatic heterocycles. The number of imide groups is 1. The van der Waals surface area contributed by atoms with Crippen LogP contribution in [0, 0.1) is 11.8 Å². The number of carbonyl (C=O) groups is 3. The molecular formula is C17H20N2O5. The number of ether oxygens (including phenoxy) is 1. The van der Waals surface area contributed by atoms with Gasteiger partial charge >= 0.3 is 5.97 Å². The molecule has 24 heavy (non-hydrogen) atoms. The van der Waals surface area contributed by atoms with Gasteiger partial charge in [0.1, 0.15) is 11.3 Å². The van der Waals surface area contributed by atoms with Gasteiger partial charge in [-0.05, 0) is 31.5 Å². The third-order valence-electron chi connectivity index (χ3n) is 4.96. The average Bonchev–Trinajstić information content (AvgIpc) is 2.99. The first kappa shape index (κ1) is 16.4. The molecule has 2 N–H and O–H groups in total. The van der Waals surface area contributed by atoms with E-state index in [0.717, 1.165) is 10.5 Å². The van der Waals surface area contributed by atoms with Crippen molar-refractivity contribution in [3.63, 3.8) is 0 Å². The molecule has 0 aliphatic carbocycles. The molecule has 2 saturated heterocycles. The maximum Gasteiger partial charge on any atom is 0.326 e. The van der Waals surface area contributed by atoms with Gasteiger partial charge in [0.2, 0.25) is 11.8 Å². The number of aromatic hydroxyl groups is 1. The van der Waals surface area contributed by atoms with Crippen molar-refractivity contribution in [1.82, 2.24) is 10.2 Å². The molecule has 1 aromatic carbocycles. The number of likely N-dealkylation sites (tertiary alicyclic amines) is 1. The summed E-state index contributed by atoms with van der Waals surface area (Å²) in [6.07, 6.45) is 0. The number of phenolic OH excluding ortho intramolecular Hbond substituents is 1. The zero-order chi connectivity index (χ0) is 17.6. The van der Waals surface area contributed by atoms with Gasteiger partial charge in [-0.3, -0.25) is 24.6 Å². The van der Waals surface area contributed by atoms with E-state index in [2.05, 4.69) is 5.32 Å². The summed E-state index contributed by atoms with van der Waals surface area (Å²) in [4.78, 5) is 38.7. The Balaban J connectivity index is 2.06. The topological polar surface area (TPSA) is 95.9 Å². The molecule has 7 heteroatoms. The predicted octanol–water partition coefficient (Wildman–Crippen LogP) is 0.589. The first-order valence-corrected chi connectivity index (χ1v) is 7.86. The second-order valence-electron chi connectivity index (χ2n) is 6.38. The fourth-order valence-electron chi connectivity index (χ4n) is 3.72. The molecule has 4 unspecified atom stereocenters. The maximum atomic E-state index is 12.6. The Kier molecular flexibility index (Phi) is 3.83. The van der Waals surface area contributed by atoms with E-state index in [9.17, 15) is 19.5 Å². The van der Waals surface area contributed by atoms with Crippen LogP contribution in [0.5, 0.6) is 5.75 Å². The minimum Gasteiger partial charge on any atom is -0.508 e. The number of hydrogen-bond donors (Lipinski definition) is 2. The van der Waals surface area contributed by atoms with Crippen molar-refractivity contribution in [2.75, 3.05) is 13.7 Å². The molecule has 0 spiro atoms. The predicted molar refractivity (Wildman–Crippen MR) is 83.8 cm³/mol. The van der Waals surface area contributed by atoms with Crippen molar-refractivity contribution in [3.8, 4) is 5.75 Å². The number of nitrogens with one attached hydrogen (secondary N) is 1. The summed E-state index contributed by atoms with van der Waals surface area (Å²) in [7, 11) is 1.43. The Hall–Kier alpha value is -2.41. The standard InChI is InChI=1S/C17H20N2O5/c1-4-24-16(23)17(2)12-11(14(21)19(3)15(12)22)13(18-17)9-5-7-10(20)8-6-9/h5-8,11-13,18,20H,4H2,1-3H3. The Morgan fingerprint density at radius 3 is 2.50 bits per heavy atom. The molecule has 2 aliphatic heterocycles. The fourth-order valence-corrected chi connectivity index (χ4v) is 3.72. The molecule has 2 fully saturated rings. The molecule has 2 amide bonds. The van der Waals surface area contributed by atoms with Gasteiger partial charge in [-0.2, -0.15) is 0 Å². The summed E-state index contributed by atoms with van der Waals surface area (Å²) in [6.45, 7) is 3.49. The van der Waals surface area contributed by atoms with Crippen LogP contribution in [0.3, 0.4) is 0 Å². The molecular weight excluding hydrogens is 312 g/mol. The van der Waals surface area contributed by atoms with Crippen molar-refractivity contribution >= 4 is 17.8 Å². The summed E-state index contributed by atoms with van der Waals surface area (Å²) >= 11 is 0. The number of hydrogen-bond acceptors (Lipinski definition) is 6. The lowest BCUT2D eigenvalue weighted by Gasteiger charge is -2.28. The van der Waals surface area contributed by atoms with E-state index in [0.29, 0.717) is 0 Å². The number of amides is 2. The minimum absolute atomic E-state index is 0.104. The molecule has 0 saturated carbocycles. The van der Waals surface area contributed by atoms with E-state index in [1.165, 1.54) is 19.2 Å². The summed E-state index contributed by atoms with van der Waals surface area (Å²) in [5.41, 5.74) is -0.548. The van der Waals surface area contributed by atoms with Crippen LogP contribution in [0.15, 0.2) is 24.3 Å². The van der Waals surface area contributed by atoms with E-state index in [1.54, 1.807) is 26.0 Å². The lowest BCUT2D eigenvalue weighted by atomic mass is 9.80. The van der Waals surface area contributed by atoms with Crippen molar-refractivity contribution in [3.05, 3.63) is 29.8 Å². The second kappa shape index (κ2) is 5.59.